The number of fused-ring (bicyclic) bond motifs is 21. The van der Waals surface area contributed by atoms with Crippen molar-refractivity contribution in [3.8, 4) is 22.6 Å². The average molecular weight is 689 g/mol. The minimum Gasteiger partial charge on any atom is -0.457 e. The summed E-state index contributed by atoms with van der Waals surface area (Å²) < 4.78 is 6.64. The third-order valence-corrected chi connectivity index (χ3v) is 12.8. The summed E-state index contributed by atoms with van der Waals surface area (Å²) in [7, 11) is 0. The molecule has 0 atom stereocenters. The summed E-state index contributed by atoms with van der Waals surface area (Å²) in [5.41, 5.74) is 16.5. The Morgan fingerprint density at radius 2 is 0.923 bits per heavy atom. The molecule has 0 saturated carbocycles. The Labute approximate surface area is 310 Å². The van der Waals surface area contributed by atoms with Crippen LogP contribution in [-0.2, 0) is 16.5 Å². The van der Waals surface area contributed by atoms with E-state index in [1.807, 2.05) is 0 Å². The molecule has 1 spiro atoms. The molecule has 3 aliphatic heterocycles. The lowest BCUT2D eigenvalue weighted by Crippen LogP contribution is -2.57. The van der Waals surface area contributed by atoms with E-state index in [9.17, 15) is 0 Å². The highest BCUT2D eigenvalue weighted by Crippen LogP contribution is 2.60. The number of hydrogen-bond donors (Lipinski definition) is 0. The summed E-state index contributed by atoms with van der Waals surface area (Å²) in [5.74, 6) is 1.78. The number of nitrogens with zero attached hydrogens (tertiary/aromatic N) is 4. The molecule has 0 amide bonds. The summed E-state index contributed by atoms with van der Waals surface area (Å²) in [6.45, 7) is 15.7. The highest BCUT2D eigenvalue weighted by Gasteiger charge is 2.58. The second-order valence-electron chi connectivity index (χ2n) is 18.0. The summed E-state index contributed by atoms with van der Waals surface area (Å²) in [6, 6.07) is 32.7. The molecule has 6 aliphatic rings. The van der Waals surface area contributed by atoms with Gasteiger partial charge in [0.25, 0.3) is 0 Å². The third kappa shape index (κ3) is 4.60. The van der Waals surface area contributed by atoms with Crippen LogP contribution < -0.4 is 14.5 Å². The van der Waals surface area contributed by atoms with Crippen molar-refractivity contribution in [2.45, 2.75) is 109 Å². The summed E-state index contributed by atoms with van der Waals surface area (Å²) in [4.78, 5) is 11.0. The van der Waals surface area contributed by atoms with Crippen LogP contribution in [0.5, 0.6) is 11.5 Å². The first-order valence-corrected chi connectivity index (χ1v) is 19.7. The highest BCUT2D eigenvalue weighted by atomic mass is 16.5. The molecule has 0 unspecified atom stereocenters. The number of rotatable bonds is 0. The molecule has 4 aromatic rings. The molecule has 52 heavy (non-hydrogen) atoms. The van der Waals surface area contributed by atoms with Gasteiger partial charge in [-0.3, -0.25) is 0 Å². The summed E-state index contributed by atoms with van der Waals surface area (Å²) >= 11 is 0. The lowest BCUT2D eigenvalue weighted by atomic mass is 9.83. The molecule has 3 heterocycles. The van der Waals surface area contributed by atoms with Gasteiger partial charge in [0, 0.05) is 57.4 Å². The Kier molecular flexibility index (Phi) is 6.89. The van der Waals surface area contributed by atoms with Crippen LogP contribution in [0.2, 0.25) is 0 Å². The second-order valence-corrected chi connectivity index (χ2v) is 18.0. The molecular weight excluding hydrogens is 637 g/mol. The second kappa shape index (κ2) is 11.2. The van der Waals surface area contributed by atoms with Crippen molar-refractivity contribution in [1.29, 1.82) is 0 Å². The zero-order chi connectivity index (χ0) is 35.6. The average Bonchev–Trinajstić information content (AvgIpc) is 3.80. The first kappa shape index (κ1) is 32.0. The molecule has 10 rings (SSSR count). The molecule has 5 nitrogen and oxygen atoms in total. The molecule has 266 valence electrons. The number of ether oxygens (including phenoxy) is 1. The quantitative estimate of drug-likeness (QED) is 0.183. The first-order valence-electron chi connectivity index (χ1n) is 19.7. The maximum absolute atomic E-state index is 6.64. The van der Waals surface area contributed by atoms with Gasteiger partial charge in [0.15, 0.2) is 5.66 Å². The number of benzene rings is 4. The van der Waals surface area contributed by atoms with E-state index in [2.05, 4.69) is 146 Å². The Morgan fingerprint density at radius 1 is 0.500 bits per heavy atom. The standard InChI is InChI=1S/C47H52N4O/c1-45(2,3)31-21-23-39-37(25-31)38-26-32(46(4,5)6)22-24-40(38)47(39)50-29-48(41-17-7-9-19-43(41)50)33-13-11-15-35(27-33)52-36-16-12-14-34(28-36)49-30-51(47)44-20-10-8-18-42(44)49/h11-16,21-28H,7-10,17-20,29-30H2,1-6H3. The van der Waals surface area contributed by atoms with Gasteiger partial charge >= 0.3 is 0 Å². The van der Waals surface area contributed by atoms with Gasteiger partial charge < -0.3 is 24.3 Å². The van der Waals surface area contributed by atoms with Gasteiger partial charge in [-0.05, 0) is 109 Å². The molecule has 3 aliphatic carbocycles. The Bertz CT molecular complexity index is 2040. The van der Waals surface area contributed by atoms with E-state index in [0.717, 1.165) is 50.5 Å². The number of anilines is 2. The zero-order valence-electron chi connectivity index (χ0n) is 31.9. The minimum atomic E-state index is -0.507. The third-order valence-electron chi connectivity index (χ3n) is 12.8. The van der Waals surface area contributed by atoms with Crippen LogP contribution in [0.25, 0.3) is 11.1 Å². The van der Waals surface area contributed by atoms with Crippen molar-refractivity contribution >= 4 is 11.4 Å². The number of hydrogen-bond acceptors (Lipinski definition) is 5. The molecule has 0 aromatic heterocycles. The zero-order valence-corrected chi connectivity index (χ0v) is 31.9. The van der Waals surface area contributed by atoms with Crippen molar-refractivity contribution in [2.24, 2.45) is 0 Å². The lowest BCUT2D eigenvalue weighted by Gasteiger charge is -2.51. The highest BCUT2D eigenvalue weighted by molar-refractivity contribution is 5.83. The van der Waals surface area contributed by atoms with Crippen LogP contribution in [0.3, 0.4) is 0 Å². The van der Waals surface area contributed by atoms with E-state index in [0.29, 0.717) is 0 Å². The monoisotopic (exact) mass is 688 g/mol. The molecule has 4 aromatic carbocycles. The molecule has 0 radical (unpaired) electrons. The van der Waals surface area contributed by atoms with Gasteiger partial charge in [-0.15, -0.1) is 0 Å². The smallest absolute Gasteiger partial charge is 0.170 e. The Balaban J connectivity index is 1.31. The maximum atomic E-state index is 6.64. The van der Waals surface area contributed by atoms with Crippen LogP contribution in [0.1, 0.15) is 115 Å². The first-order chi connectivity index (χ1) is 25.0. The SMILES string of the molecule is CC(C)(C)c1ccc2c(c1)-c1cc(C(C)(C)C)ccc1C21N2CN(C3=C2CCCC3)c2cccc(c2)Oc2cccc(c2)N2CN1C1=C2CCCC1. The lowest BCUT2D eigenvalue weighted by molar-refractivity contribution is 0.0264. The van der Waals surface area contributed by atoms with E-state index in [-0.39, 0.29) is 10.8 Å². The fourth-order valence-electron chi connectivity index (χ4n) is 10.1. The normalized spacial score (nSPS) is 20.1. The number of allylic oxidation sites excluding steroid dienone is 4. The van der Waals surface area contributed by atoms with Crippen LogP contribution in [0.4, 0.5) is 11.4 Å². The van der Waals surface area contributed by atoms with Crippen molar-refractivity contribution in [2.75, 3.05) is 23.1 Å². The maximum Gasteiger partial charge on any atom is 0.170 e. The van der Waals surface area contributed by atoms with Crippen LogP contribution in [-0.4, -0.2) is 23.1 Å². The molecule has 8 bridgehead atoms. The van der Waals surface area contributed by atoms with Crippen molar-refractivity contribution in [3.63, 3.8) is 0 Å². The van der Waals surface area contributed by atoms with Gasteiger partial charge in [0.1, 0.15) is 11.5 Å². The van der Waals surface area contributed by atoms with Crippen LogP contribution in [0.15, 0.2) is 108 Å². The molecule has 5 heteroatoms. The van der Waals surface area contributed by atoms with Gasteiger partial charge in [-0.2, -0.15) is 0 Å². The Hall–Kier alpha value is -4.64. The summed E-state index contributed by atoms with van der Waals surface area (Å²) in [6.07, 6.45) is 9.28. The molecule has 0 N–H and O–H groups in total. The predicted octanol–water partition coefficient (Wildman–Crippen LogP) is 11.7. The molecule has 0 fully saturated rings. The van der Waals surface area contributed by atoms with E-state index in [1.165, 1.54) is 93.2 Å². The molecular formula is C47H52N4O. The van der Waals surface area contributed by atoms with E-state index in [4.69, 9.17) is 4.74 Å². The van der Waals surface area contributed by atoms with Crippen LogP contribution >= 0.6 is 0 Å². The van der Waals surface area contributed by atoms with Crippen molar-refractivity contribution in [1.82, 2.24) is 9.80 Å². The largest absolute Gasteiger partial charge is 0.457 e. The van der Waals surface area contributed by atoms with E-state index in [1.54, 1.807) is 0 Å². The minimum absolute atomic E-state index is 0.0426. The van der Waals surface area contributed by atoms with Crippen molar-refractivity contribution in [3.05, 3.63) is 130 Å². The van der Waals surface area contributed by atoms with Gasteiger partial charge in [-0.25, -0.2) is 0 Å². The fraction of sp³-hybridized carbons (Fsp3) is 0.404. The van der Waals surface area contributed by atoms with Gasteiger partial charge in [0.2, 0.25) is 0 Å². The Morgan fingerprint density at radius 3 is 1.35 bits per heavy atom. The summed E-state index contributed by atoms with van der Waals surface area (Å²) in [5, 5.41) is 0. The topological polar surface area (TPSA) is 22.2 Å². The van der Waals surface area contributed by atoms with Crippen LogP contribution in [0, 0.1) is 0 Å². The fourth-order valence-corrected chi connectivity index (χ4v) is 10.1. The van der Waals surface area contributed by atoms with E-state index < -0.39 is 5.66 Å². The van der Waals surface area contributed by atoms with Gasteiger partial charge in [0.05, 0.1) is 13.3 Å². The van der Waals surface area contributed by atoms with Crippen molar-refractivity contribution < 1.29 is 4.74 Å². The molecule has 0 saturated heterocycles. The predicted molar refractivity (Wildman–Crippen MR) is 212 cm³/mol. The van der Waals surface area contributed by atoms with E-state index >= 15 is 0 Å². The van der Waals surface area contributed by atoms with Gasteiger partial charge in [-0.1, -0.05) is 90.1 Å².